The van der Waals surface area contributed by atoms with Crippen molar-refractivity contribution in [3.05, 3.63) is 102 Å². The van der Waals surface area contributed by atoms with Gasteiger partial charge < -0.3 is 5.32 Å². The molecule has 0 fully saturated rings. The molecule has 1 heterocycles. The molecule has 39 heavy (non-hydrogen) atoms. The molecule has 5 aromatic rings. The van der Waals surface area contributed by atoms with Crippen LogP contribution in [0.1, 0.15) is 16.2 Å². The number of carbonyl (C=O) groups excluding carboxylic acids is 1. The number of rotatable bonds is 6. The maximum atomic E-state index is 13.4. The van der Waals surface area contributed by atoms with Gasteiger partial charge in [0.2, 0.25) is 10.0 Å². The van der Waals surface area contributed by atoms with Gasteiger partial charge in [-0.2, -0.15) is 5.10 Å². The van der Waals surface area contributed by atoms with Crippen molar-refractivity contribution in [1.82, 2.24) is 9.78 Å². The molecule has 4 aromatic carbocycles. The molecule has 0 saturated carbocycles. The van der Waals surface area contributed by atoms with E-state index in [1.807, 2.05) is 12.1 Å². The molecule has 198 valence electrons. The average molecular weight is 561 g/mol. The summed E-state index contributed by atoms with van der Waals surface area (Å²) in [5.41, 5.74) is 2.45. The molecule has 0 atom stereocenters. The van der Waals surface area contributed by atoms with E-state index in [-0.39, 0.29) is 21.2 Å². The van der Waals surface area contributed by atoms with Crippen LogP contribution in [0.25, 0.3) is 27.6 Å². The van der Waals surface area contributed by atoms with Crippen molar-refractivity contribution in [2.24, 2.45) is 5.14 Å². The quantitative estimate of drug-likeness (QED) is 0.317. The molecular weight excluding hydrogens is 536 g/mol. The zero-order valence-electron chi connectivity index (χ0n) is 21.0. The minimum atomic E-state index is -4.15. The molecule has 0 unspecified atom stereocenters. The number of fused-ring (bicyclic) bond motifs is 1. The number of sulfonamides is 1. The first kappa shape index (κ1) is 26.3. The Kier molecular flexibility index (Phi) is 6.59. The van der Waals surface area contributed by atoms with Crippen molar-refractivity contribution in [3.63, 3.8) is 0 Å². The van der Waals surface area contributed by atoms with E-state index in [2.05, 4.69) is 10.4 Å². The zero-order chi connectivity index (χ0) is 27.9. The minimum absolute atomic E-state index is 0.110. The summed E-state index contributed by atoms with van der Waals surface area (Å²) in [5.74, 6) is -0.520. The molecule has 9 nitrogen and oxygen atoms in total. The van der Waals surface area contributed by atoms with Gasteiger partial charge >= 0.3 is 0 Å². The number of carbonyl (C=O) groups is 1. The molecular formula is C28H24N4O5S2. The van der Waals surface area contributed by atoms with Crippen LogP contribution in [0, 0.1) is 6.92 Å². The summed E-state index contributed by atoms with van der Waals surface area (Å²) in [7, 11) is -7.58. The molecule has 3 N–H and O–H groups in total. The number of nitrogens with one attached hydrogen (secondary N) is 1. The molecule has 1 aromatic heterocycles. The Morgan fingerprint density at radius 3 is 2.08 bits per heavy atom. The summed E-state index contributed by atoms with van der Waals surface area (Å²) in [5, 5.41) is 14.2. The smallest absolute Gasteiger partial charge is 0.274 e. The topological polar surface area (TPSA) is 141 Å². The second-order valence-electron chi connectivity index (χ2n) is 9.09. The summed E-state index contributed by atoms with van der Waals surface area (Å²) < 4.78 is 50.6. The number of aryl methyl sites for hydroxylation is 1. The fraction of sp³-hybridized carbons (Fsp3) is 0.0714. The van der Waals surface area contributed by atoms with E-state index in [1.54, 1.807) is 79.7 Å². The van der Waals surface area contributed by atoms with Crippen LogP contribution in [-0.4, -0.2) is 38.8 Å². The first-order valence-corrected chi connectivity index (χ1v) is 15.2. The van der Waals surface area contributed by atoms with Crippen LogP contribution in [-0.2, 0) is 19.9 Å². The lowest BCUT2D eigenvalue weighted by Crippen LogP contribution is -2.20. The van der Waals surface area contributed by atoms with Gasteiger partial charge in [-0.3, -0.25) is 4.79 Å². The fourth-order valence-electron chi connectivity index (χ4n) is 4.40. The van der Waals surface area contributed by atoms with E-state index in [9.17, 15) is 21.6 Å². The van der Waals surface area contributed by atoms with Gasteiger partial charge in [0.25, 0.3) is 5.91 Å². The van der Waals surface area contributed by atoms with Gasteiger partial charge in [0.1, 0.15) is 10.6 Å². The van der Waals surface area contributed by atoms with Crippen LogP contribution in [0.15, 0.2) is 101 Å². The zero-order valence-corrected chi connectivity index (χ0v) is 22.6. The number of hydrogen-bond acceptors (Lipinski definition) is 6. The Labute approximate surface area is 225 Å². The summed E-state index contributed by atoms with van der Waals surface area (Å²) >= 11 is 0. The summed E-state index contributed by atoms with van der Waals surface area (Å²) in [4.78, 5) is 13.4. The predicted molar refractivity (Wildman–Crippen MR) is 150 cm³/mol. The van der Waals surface area contributed by atoms with Crippen molar-refractivity contribution in [2.45, 2.75) is 16.7 Å². The first-order chi connectivity index (χ1) is 18.4. The van der Waals surface area contributed by atoms with Crippen LogP contribution in [0.5, 0.6) is 0 Å². The maximum Gasteiger partial charge on any atom is 0.274 e. The number of aromatic nitrogens is 2. The number of hydrogen-bond donors (Lipinski definition) is 2. The van der Waals surface area contributed by atoms with E-state index < -0.39 is 25.8 Å². The number of sulfone groups is 1. The fourth-order valence-corrected chi connectivity index (χ4v) is 6.04. The van der Waals surface area contributed by atoms with Gasteiger partial charge in [-0.05, 0) is 59.7 Å². The third-order valence-electron chi connectivity index (χ3n) is 6.17. The molecule has 0 aliphatic heterocycles. The van der Waals surface area contributed by atoms with Gasteiger partial charge in [0.05, 0.1) is 16.3 Å². The Morgan fingerprint density at radius 1 is 0.821 bits per heavy atom. The normalized spacial score (nSPS) is 12.0. The predicted octanol–water partition coefficient (Wildman–Crippen LogP) is 4.30. The number of nitrogens with zero attached hydrogens (tertiary/aromatic N) is 2. The highest BCUT2D eigenvalue weighted by Crippen LogP contribution is 2.30. The van der Waals surface area contributed by atoms with Crippen LogP contribution < -0.4 is 10.5 Å². The lowest BCUT2D eigenvalue weighted by molar-refractivity contribution is 0.101. The molecule has 0 aliphatic rings. The third kappa shape index (κ3) is 5.32. The number of anilines is 1. The second kappa shape index (κ2) is 9.77. The van der Waals surface area contributed by atoms with Gasteiger partial charge in [-0.1, -0.05) is 54.6 Å². The number of primary sulfonamides is 1. The standard InChI is InChI=1S/C28H24N4O5S2/c1-18-15-25(32(31-18)24-16-20-7-3-4-8-21(20)17-27(24)39(29,36)37)28(33)30-22-13-11-19(12-14-22)23-9-5-6-10-26(23)38(2,34)35/h3-17H,1-2H3,(H,30,33)(H2,29,36,37). The van der Waals surface area contributed by atoms with Crippen molar-refractivity contribution in [2.75, 3.05) is 11.6 Å². The molecule has 5 rings (SSSR count). The van der Waals surface area contributed by atoms with E-state index >= 15 is 0 Å². The molecule has 0 saturated heterocycles. The van der Waals surface area contributed by atoms with Crippen LogP contribution in [0.4, 0.5) is 5.69 Å². The number of nitrogens with two attached hydrogens (primary N) is 1. The summed E-state index contributed by atoms with van der Waals surface area (Å²) in [6.45, 7) is 1.69. The van der Waals surface area contributed by atoms with Crippen LogP contribution >= 0.6 is 0 Å². The van der Waals surface area contributed by atoms with Gasteiger partial charge in [0.15, 0.2) is 9.84 Å². The van der Waals surface area contributed by atoms with Crippen molar-refractivity contribution in [1.29, 1.82) is 0 Å². The molecule has 0 radical (unpaired) electrons. The van der Waals surface area contributed by atoms with Crippen molar-refractivity contribution in [3.8, 4) is 16.8 Å². The van der Waals surface area contributed by atoms with E-state index in [4.69, 9.17) is 5.14 Å². The van der Waals surface area contributed by atoms with E-state index in [1.165, 1.54) is 10.7 Å². The van der Waals surface area contributed by atoms with Crippen LogP contribution in [0.3, 0.4) is 0 Å². The molecule has 1 amide bonds. The average Bonchev–Trinajstić information content (AvgIpc) is 3.29. The minimum Gasteiger partial charge on any atom is -0.321 e. The summed E-state index contributed by atoms with van der Waals surface area (Å²) in [6.07, 6.45) is 1.16. The third-order valence-corrected chi connectivity index (χ3v) is 8.26. The Balaban J connectivity index is 1.51. The van der Waals surface area contributed by atoms with Gasteiger partial charge in [0, 0.05) is 17.5 Å². The SMILES string of the molecule is Cc1cc(C(=O)Nc2ccc(-c3ccccc3S(C)(=O)=O)cc2)n(-c2cc3ccccc3cc2S(N)(=O)=O)n1. The second-order valence-corrected chi connectivity index (χ2v) is 12.6. The largest absolute Gasteiger partial charge is 0.321 e. The molecule has 11 heteroatoms. The van der Waals surface area contributed by atoms with Gasteiger partial charge in [-0.15, -0.1) is 0 Å². The molecule has 0 aliphatic carbocycles. The van der Waals surface area contributed by atoms with Gasteiger partial charge in [-0.25, -0.2) is 26.7 Å². The molecule has 0 bridgehead atoms. The van der Waals surface area contributed by atoms with Crippen molar-refractivity contribution < 1.29 is 21.6 Å². The lowest BCUT2D eigenvalue weighted by atomic mass is 10.1. The van der Waals surface area contributed by atoms with E-state index in [0.29, 0.717) is 27.9 Å². The number of benzene rings is 4. The van der Waals surface area contributed by atoms with Crippen molar-refractivity contribution >= 4 is 42.2 Å². The Morgan fingerprint density at radius 2 is 1.44 bits per heavy atom. The lowest BCUT2D eigenvalue weighted by Gasteiger charge is -2.13. The number of amides is 1. The maximum absolute atomic E-state index is 13.4. The monoisotopic (exact) mass is 560 g/mol. The highest BCUT2D eigenvalue weighted by Gasteiger charge is 2.23. The summed E-state index contributed by atoms with van der Waals surface area (Å²) in [6, 6.07) is 25.3. The first-order valence-electron chi connectivity index (χ1n) is 11.8. The van der Waals surface area contributed by atoms with E-state index in [0.717, 1.165) is 11.6 Å². The molecule has 0 spiro atoms. The van der Waals surface area contributed by atoms with Crippen LogP contribution in [0.2, 0.25) is 0 Å². The highest BCUT2D eigenvalue weighted by molar-refractivity contribution is 7.90. The Hall–Kier alpha value is -4.32. The highest BCUT2D eigenvalue weighted by atomic mass is 32.2. The Bertz CT molecular complexity index is 1960.